The lowest BCUT2D eigenvalue weighted by Crippen LogP contribution is -2.37. The van der Waals surface area contributed by atoms with Crippen LogP contribution in [0.25, 0.3) is 11.2 Å². The summed E-state index contributed by atoms with van der Waals surface area (Å²) in [5, 5.41) is 11.6. The van der Waals surface area contributed by atoms with E-state index in [1.54, 1.807) is 35.9 Å². The zero-order chi connectivity index (χ0) is 15.9. The van der Waals surface area contributed by atoms with E-state index in [-0.39, 0.29) is 0 Å². The third-order valence-corrected chi connectivity index (χ3v) is 4.57. The van der Waals surface area contributed by atoms with Crippen molar-refractivity contribution in [1.29, 1.82) is 0 Å². The van der Waals surface area contributed by atoms with E-state index in [0.29, 0.717) is 12.1 Å². The van der Waals surface area contributed by atoms with Crippen LogP contribution in [-0.2, 0) is 16.8 Å². The summed E-state index contributed by atoms with van der Waals surface area (Å²) < 4.78 is 1.74. The van der Waals surface area contributed by atoms with Crippen LogP contribution in [-0.4, -0.2) is 25.6 Å². The molecule has 3 aromatic rings. The summed E-state index contributed by atoms with van der Waals surface area (Å²) in [5.41, 5.74) is 1.25. The van der Waals surface area contributed by atoms with Crippen molar-refractivity contribution < 1.29 is 9.90 Å². The molecule has 0 aliphatic carbocycles. The third kappa shape index (κ3) is 2.39. The second-order valence-electron chi connectivity index (χ2n) is 5.84. The Bertz CT molecular complexity index is 835. The molecule has 3 rings (SSSR count). The van der Waals surface area contributed by atoms with Crippen LogP contribution < -0.4 is 0 Å². The number of fused-ring (bicyclic) bond motifs is 1. The van der Waals surface area contributed by atoms with E-state index in [9.17, 15) is 9.90 Å². The first-order valence-corrected chi connectivity index (χ1v) is 7.88. The summed E-state index contributed by atoms with van der Waals surface area (Å²) in [4.78, 5) is 21.9. The van der Waals surface area contributed by atoms with Crippen molar-refractivity contribution >= 4 is 28.5 Å². The van der Waals surface area contributed by atoms with Gasteiger partial charge in [0.25, 0.3) is 0 Å². The Morgan fingerprint density at radius 2 is 2.23 bits per heavy atom. The number of rotatable bonds is 4. The minimum atomic E-state index is -1.11. The molecule has 0 saturated heterocycles. The highest BCUT2D eigenvalue weighted by atomic mass is 32.1. The summed E-state index contributed by atoms with van der Waals surface area (Å²) in [6, 6.07) is 5.95. The minimum Gasteiger partial charge on any atom is -0.480 e. The normalized spacial score (nSPS) is 12.0. The molecule has 0 fully saturated rings. The molecular formula is C16H17N3O2S. The molecule has 0 spiro atoms. The largest absolute Gasteiger partial charge is 0.480 e. The SMILES string of the molecule is Cc1cnc2c(c1)nc(Cc1cccs1)n2C(C)(C)C(=O)O. The average molecular weight is 315 g/mol. The van der Waals surface area contributed by atoms with E-state index < -0.39 is 11.5 Å². The van der Waals surface area contributed by atoms with Gasteiger partial charge in [-0.2, -0.15) is 0 Å². The van der Waals surface area contributed by atoms with E-state index in [4.69, 9.17) is 0 Å². The number of hydrogen-bond acceptors (Lipinski definition) is 4. The van der Waals surface area contributed by atoms with Crippen LogP contribution in [0, 0.1) is 6.92 Å². The van der Waals surface area contributed by atoms with Crippen molar-refractivity contribution in [2.75, 3.05) is 0 Å². The first-order chi connectivity index (χ1) is 10.4. The molecule has 6 heteroatoms. The molecule has 0 aliphatic heterocycles. The van der Waals surface area contributed by atoms with Gasteiger partial charge in [0.2, 0.25) is 0 Å². The number of hydrogen-bond donors (Lipinski definition) is 1. The van der Waals surface area contributed by atoms with Gasteiger partial charge in [0.1, 0.15) is 16.9 Å². The highest BCUT2D eigenvalue weighted by molar-refractivity contribution is 7.09. The Balaban J connectivity index is 2.23. The van der Waals surface area contributed by atoms with Gasteiger partial charge in [-0.15, -0.1) is 11.3 Å². The van der Waals surface area contributed by atoms with Crippen molar-refractivity contribution in [2.45, 2.75) is 32.7 Å². The standard InChI is InChI=1S/C16H17N3O2S/c1-10-7-12-14(17-9-10)19(16(2,3)15(20)21)13(18-12)8-11-5-4-6-22-11/h4-7,9H,8H2,1-3H3,(H,20,21). The Morgan fingerprint density at radius 1 is 1.45 bits per heavy atom. The molecule has 0 atom stereocenters. The summed E-state index contributed by atoms with van der Waals surface area (Å²) >= 11 is 1.64. The van der Waals surface area contributed by atoms with Gasteiger partial charge in [-0.05, 0) is 43.8 Å². The predicted octanol–water partition coefficient (Wildman–Crippen LogP) is 3.21. The molecule has 22 heavy (non-hydrogen) atoms. The van der Waals surface area contributed by atoms with Gasteiger partial charge in [-0.1, -0.05) is 6.07 Å². The molecule has 0 radical (unpaired) electrons. The molecule has 114 valence electrons. The first kappa shape index (κ1) is 14.7. The smallest absolute Gasteiger partial charge is 0.329 e. The zero-order valence-electron chi connectivity index (χ0n) is 12.7. The quantitative estimate of drug-likeness (QED) is 0.802. The van der Waals surface area contributed by atoms with Crippen LogP contribution in [0.1, 0.15) is 30.1 Å². The monoisotopic (exact) mass is 315 g/mol. The average Bonchev–Trinajstić information content (AvgIpc) is 3.05. The lowest BCUT2D eigenvalue weighted by molar-refractivity contribution is -0.145. The number of aliphatic carboxylic acids is 1. The zero-order valence-corrected chi connectivity index (χ0v) is 13.5. The number of imidazole rings is 1. The van der Waals surface area contributed by atoms with Gasteiger partial charge in [0.15, 0.2) is 5.65 Å². The van der Waals surface area contributed by atoms with E-state index in [1.165, 1.54) is 0 Å². The molecule has 0 unspecified atom stereocenters. The van der Waals surface area contributed by atoms with Crippen LogP contribution in [0.4, 0.5) is 0 Å². The lowest BCUT2D eigenvalue weighted by atomic mass is 10.1. The van der Waals surface area contributed by atoms with Gasteiger partial charge in [0.05, 0.1) is 0 Å². The maximum Gasteiger partial charge on any atom is 0.329 e. The predicted molar refractivity (Wildman–Crippen MR) is 86.3 cm³/mol. The fraction of sp³-hybridized carbons (Fsp3) is 0.312. The second-order valence-corrected chi connectivity index (χ2v) is 6.87. The summed E-state index contributed by atoms with van der Waals surface area (Å²) in [5.74, 6) is -0.176. The topological polar surface area (TPSA) is 68.0 Å². The summed E-state index contributed by atoms with van der Waals surface area (Å²) in [6.45, 7) is 5.30. The fourth-order valence-corrected chi connectivity index (χ4v) is 3.18. The van der Waals surface area contributed by atoms with Crippen molar-refractivity contribution in [3.8, 4) is 0 Å². The maximum absolute atomic E-state index is 11.7. The summed E-state index contributed by atoms with van der Waals surface area (Å²) in [7, 11) is 0. The van der Waals surface area contributed by atoms with E-state index in [0.717, 1.165) is 21.8 Å². The van der Waals surface area contributed by atoms with Crippen LogP contribution in [0.15, 0.2) is 29.8 Å². The number of aryl methyl sites for hydroxylation is 1. The molecule has 3 heterocycles. The van der Waals surface area contributed by atoms with E-state index >= 15 is 0 Å². The van der Waals surface area contributed by atoms with E-state index in [1.807, 2.05) is 30.5 Å². The van der Waals surface area contributed by atoms with Crippen molar-refractivity contribution in [1.82, 2.24) is 14.5 Å². The number of thiophene rings is 1. The van der Waals surface area contributed by atoms with Crippen LogP contribution in [0.5, 0.6) is 0 Å². The molecule has 5 nitrogen and oxygen atoms in total. The highest BCUT2D eigenvalue weighted by Gasteiger charge is 2.34. The molecular weight excluding hydrogens is 298 g/mol. The van der Waals surface area contributed by atoms with Gasteiger partial charge in [0, 0.05) is 17.5 Å². The molecule has 0 amide bonds. The van der Waals surface area contributed by atoms with Gasteiger partial charge in [-0.3, -0.25) is 4.57 Å². The molecule has 0 aromatic carbocycles. The van der Waals surface area contributed by atoms with Crippen LogP contribution in [0.3, 0.4) is 0 Å². The van der Waals surface area contributed by atoms with Gasteiger partial charge >= 0.3 is 5.97 Å². The van der Waals surface area contributed by atoms with Crippen molar-refractivity contribution in [3.63, 3.8) is 0 Å². The molecule has 0 bridgehead atoms. The maximum atomic E-state index is 11.7. The number of nitrogens with zero attached hydrogens (tertiary/aromatic N) is 3. The number of carboxylic acids is 1. The fourth-order valence-electron chi connectivity index (χ4n) is 2.48. The molecule has 0 saturated carbocycles. The Kier molecular flexibility index (Phi) is 3.48. The van der Waals surface area contributed by atoms with Gasteiger partial charge in [-0.25, -0.2) is 14.8 Å². The number of aromatic nitrogens is 3. The molecule has 0 aliphatic rings. The van der Waals surface area contributed by atoms with Crippen molar-refractivity contribution in [2.24, 2.45) is 0 Å². The third-order valence-electron chi connectivity index (χ3n) is 3.70. The lowest BCUT2D eigenvalue weighted by Gasteiger charge is -2.24. The Hall–Kier alpha value is -2.21. The van der Waals surface area contributed by atoms with Gasteiger partial charge < -0.3 is 5.11 Å². The molecule has 3 aromatic heterocycles. The second kappa shape index (κ2) is 5.21. The first-order valence-electron chi connectivity index (χ1n) is 7.00. The van der Waals surface area contributed by atoms with E-state index in [2.05, 4.69) is 9.97 Å². The number of pyridine rings is 1. The Labute approximate surface area is 132 Å². The highest BCUT2D eigenvalue weighted by Crippen LogP contribution is 2.27. The van der Waals surface area contributed by atoms with Crippen LogP contribution in [0.2, 0.25) is 0 Å². The van der Waals surface area contributed by atoms with Crippen LogP contribution >= 0.6 is 11.3 Å². The van der Waals surface area contributed by atoms with Crippen molar-refractivity contribution in [3.05, 3.63) is 46.0 Å². The Morgan fingerprint density at radius 3 is 2.86 bits per heavy atom. The molecule has 1 N–H and O–H groups in total. The summed E-state index contributed by atoms with van der Waals surface area (Å²) in [6.07, 6.45) is 2.34. The number of carbonyl (C=O) groups is 1. The minimum absolute atomic E-state index is 0.601. The number of carboxylic acid groups (broad SMARTS) is 1.